The lowest BCUT2D eigenvalue weighted by Gasteiger charge is -2.33. The summed E-state index contributed by atoms with van der Waals surface area (Å²) < 4.78 is 42.4. The van der Waals surface area contributed by atoms with Gasteiger partial charge in [0.05, 0.1) is 53.0 Å². The van der Waals surface area contributed by atoms with Gasteiger partial charge in [0.15, 0.2) is 0 Å². The summed E-state index contributed by atoms with van der Waals surface area (Å²) in [7, 11) is 1.81. The smallest absolute Gasteiger partial charge is 0.272 e. The van der Waals surface area contributed by atoms with Crippen molar-refractivity contribution in [2.75, 3.05) is 37.0 Å². The molecule has 0 unspecified atom stereocenters. The summed E-state index contributed by atoms with van der Waals surface area (Å²) in [6.07, 6.45) is 4.66. The van der Waals surface area contributed by atoms with E-state index in [-0.39, 0.29) is 17.2 Å². The first-order chi connectivity index (χ1) is 30.2. The molecule has 0 radical (unpaired) electrons. The third-order valence-corrected chi connectivity index (χ3v) is 11.5. The highest BCUT2D eigenvalue weighted by Gasteiger charge is 2.37. The van der Waals surface area contributed by atoms with Crippen molar-refractivity contribution in [1.82, 2.24) is 35.2 Å². The van der Waals surface area contributed by atoms with Crippen LogP contribution >= 0.6 is 11.6 Å². The van der Waals surface area contributed by atoms with Crippen molar-refractivity contribution in [2.24, 2.45) is 7.05 Å². The van der Waals surface area contributed by atoms with Crippen LogP contribution in [-0.2, 0) is 11.8 Å². The van der Waals surface area contributed by atoms with E-state index in [1.54, 1.807) is 24.0 Å². The second-order valence-electron chi connectivity index (χ2n) is 15.0. The number of aromatic nitrogens is 7. The average molecular weight is 854 g/mol. The van der Waals surface area contributed by atoms with Crippen molar-refractivity contribution in [3.8, 4) is 5.75 Å². The average Bonchev–Trinajstić information content (AvgIpc) is 3.93. The number of H-pyrrole nitrogens is 2. The van der Waals surface area contributed by atoms with Gasteiger partial charge in [-0.05, 0) is 100 Å². The van der Waals surface area contributed by atoms with Crippen molar-refractivity contribution in [3.63, 3.8) is 0 Å². The number of hydrogen-bond donors (Lipinski definition) is 4. The van der Waals surface area contributed by atoms with Crippen LogP contribution in [0.25, 0.3) is 32.8 Å². The minimum atomic E-state index is -0.514. The summed E-state index contributed by atoms with van der Waals surface area (Å²) in [4.78, 5) is 17.1. The van der Waals surface area contributed by atoms with E-state index in [2.05, 4.69) is 60.2 Å². The van der Waals surface area contributed by atoms with Gasteiger partial charge in [-0.15, -0.1) is 0 Å². The molecule has 0 amide bonds. The van der Waals surface area contributed by atoms with E-state index < -0.39 is 17.3 Å². The van der Waals surface area contributed by atoms with Gasteiger partial charge in [-0.3, -0.25) is 14.6 Å². The first-order valence-electron chi connectivity index (χ1n) is 20.3. The Morgan fingerprint density at radius 1 is 0.903 bits per heavy atom. The Hall–Kier alpha value is -6.90. The first kappa shape index (κ1) is 40.5. The molecule has 8 aromatic rings. The Kier molecular flexibility index (Phi) is 11.5. The van der Waals surface area contributed by atoms with Crippen LogP contribution in [-0.4, -0.2) is 61.5 Å². The Balaban J connectivity index is 0.789. The molecule has 0 spiro atoms. The van der Waals surface area contributed by atoms with Gasteiger partial charge in [-0.2, -0.15) is 15.3 Å². The van der Waals surface area contributed by atoms with Crippen LogP contribution in [0.1, 0.15) is 65.5 Å². The zero-order valence-electron chi connectivity index (χ0n) is 33.9. The van der Waals surface area contributed by atoms with Crippen molar-refractivity contribution < 1.29 is 18.3 Å². The molecular formula is C47H42ClF2N9O3. The van der Waals surface area contributed by atoms with Crippen molar-refractivity contribution in [1.29, 1.82) is 0 Å². The van der Waals surface area contributed by atoms with Crippen molar-refractivity contribution in [2.45, 2.75) is 31.7 Å². The van der Waals surface area contributed by atoms with Gasteiger partial charge >= 0.3 is 0 Å². The quantitative estimate of drug-likeness (QED) is 0.0585. The fraction of sp³-hybridized carbons (Fsp3) is 0.213. The molecule has 1 aliphatic heterocycles. The lowest BCUT2D eigenvalue weighted by molar-refractivity contribution is 0.128. The minimum absolute atomic E-state index is 0.226. The highest BCUT2D eigenvalue weighted by Crippen LogP contribution is 2.46. The molecular weight excluding hydrogens is 812 g/mol. The van der Waals surface area contributed by atoms with Gasteiger partial charge in [0.1, 0.15) is 29.5 Å². The number of halogens is 3. The van der Waals surface area contributed by atoms with E-state index in [0.717, 1.165) is 55.7 Å². The number of nitrogens with one attached hydrogen (secondary N) is 4. The third-order valence-electron chi connectivity index (χ3n) is 11.2. The molecule has 3 aromatic heterocycles. The van der Waals surface area contributed by atoms with Crippen LogP contribution in [0.4, 0.5) is 20.2 Å². The number of ether oxygens (including phenoxy) is 2. The molecule has 15 heteroatoms. The van der Waals surface area contributed by atoms with Crippen LogP contribution < -0.4 is 20.9 Å². The maximum atomic E-state index is 14.7. The molecule has 4 heterocycles. The molecule has 0 bridgehead atoms. The Bertz CT molecular complexity index is 2980. The number of rotatable bonds is 15. The molecule has 0 saturated carbocycles. The Morgan fingerprint density at radius 3 is 2.50 bits per heavy atom. The summed E-state index contributed by atoms with van der Waals surface area (Å²) in [6.45, 7) is 4.19. The van der Waals surface area contributed by atoms with Gasteiger partial charge in [0.25, 0.3) is 5.56 Å². The first-order valence-corrected chi connectivity index (χ1v) is 20.7. The number of nitrogens with zero attached hydrogens (tertiary/aromatic N) is 5. The summed E-state index contributed by atoms with van der Waals surface area (Å²) in [5, 5.41) is 27.5. The molecule has 314 valence electrons. The number of aromatic amines is 2. The Morgan fingerprint density at radius 2 is 1.73 bits per heavy atom. The van der Waals surface area contributed by atoms with Gasteiger partial charge in [0, 0.05) is 48.8 Å². The number of allylic oxidation sites excluding steroid dienone is 1. The number of fused-ring (bicyclic) bond motifs is 1. The van der Waals surface area contributed by atoms with E-state index in [1.807, 2.05) is 54.6 Å². The number of benzene rings is 5. The second-order valence-corrected chi connectivity index (χ2v) is 15.5. The third kappa shape index (κ3) is 8.14. The topological polar surface area (TPSA) is 148 Å². The molecule has 0 saturated heterocycles. The highest BCUT2D eigenvalue weighted by molar-refractivity contribution is 6.32. The van der Waals surface area contributed by atoms with Crippen LogP contribution in [0.2, 0.25) is 5.02 Å². The van der Waals surface area contributed by atoms with Crippen LogP contribution in [0.5, 0.6) is 5.75 Å². The number of anilines is 2. The summed E-state index contributed by atoms with van der Waals surface area (Å²) in [5.74, 6) is 0.0884. The molecule has 12 nitrogen and oxygen atoms in total. The molecule has 0 fully saturated rings. The lowest BCUT2D eigenvalue weighted by Crippen LogP contribution is -2.30. The molecule has 9 rings (SSSR count). The lowest BCUT2D eigenvalue weighted by atomic mass is 9.83. The summed E-state index contributed by atoms with van der Waals surface area (Å²) >= 11 is 6.60. The predicted octanol–water partition coefficient (Wildman–Crippen LogP) is 9.42. The van der Waals surface area contributed by atoms with E-state index in [9.17, 15) is 13.6 Å². The molecule has 4 N–H and O–H groups in total. The minimum Gasteiger partial charge on any atom is -0.494 e. The fourth-order valence-electron chi connectivity index (χ4n) is 8.27. The summed E-state index contributed by atoms with van der Waals surface area (Å²) in [5.41, 5.74) is 8.18. The maximum absolute atomic E-state index is 14.7. The number of aryl methyl sites for hydroxylation is 1. The highest BCUT2D eigenvalue weighted by atomic mass is 35.5. The monoisotopic (exact) mass is 853 g/mol. The van der Waals surface area contributed by atoms with Gasteiger partial charge in [-0.25, -0.2) is 18.9 Å². The Labute approximate surface area is 360 Å². The zero-order chi connectivity index (χ0) is 42.7. The fourth-order valence-corrected chi connectivity index (χ4v) is 8.55. The van der Waals surface area contributed by atoms with Crippen LogP contribution in [0.15, 0.2) is 114 Å². The van der Waals surface area contributed by atoms with E-state index in [0.29, 0.717) is 66.8 Å². The van der Waals surface area contributed by atoms with Crippen molar-refractivity contribution >= 4 is 55.8 Å². The summed E-state index contributed by atoms with van der Waals surface area (Å²) in [6, 6.07) is 28.9. The van der Waals surface area contributed by atoms with Gasteiger partial charge in [0.2, 0.25) is 0 Å². The molecule has 0 aliphatic carbocycles. The molecule has 62 heavy (non-hydrogen) atoms. The van der Waals surface area contributed by atoms with E-state index >= 15 is 0 Å². The van der Waals surface area contributed by atoms with Crippen LogP contribution in [0, 0.1) is 11.6 Å². The van der Waals surface area contributed by atoms with E-state index in [4.69, 9.17) is 21.1 Å². The molecule has 2 atom stereocenters. The second kappa shape index (κ2) is 17.6. The van der Waals surface area contributed by atoms with Crippen LogP contribution in [0.3, 0.4) is 0 Å². The SMILES string of the molecule is CC/C(=C(/c1ccc(OCCCOCCNc2ccc([C@H]3Nc4cc(F)cc5c(=O)[nH]nc(c45)[C@@H]3c3ncnn3C)cc2)cc1)c1ccc2[nH]ncc2c1)c1ccc(F)cc1Cl. The molecule has 5 aromatic carbocycles. The maximum Gasteiger partial charge on any atom is 0.272 e. The number of hydrogen-bond acceptors (Lipinski definition) is 9. The molecule has 1 aliphatic rings. The van der Waals surface area contributed by atoms with Crippen molar-refractivity contribution in [3.05, 3.63) is 170 Å². The largest absolute Gasteiger partial charge is 0.494 e. The van der Waals surface area contributed by atoms with Gasteiger partial charge < -0.3 is 20.1 Å². The predicted molar refractivity (Wildman–Crippen MR) is 238 cm³/mol. The standard InChI is InChI=1S/C47H42ClF2N9O3/c1-3-35(36-15-10-31(49)23-38(36)48)41(29-9-16-39-30(21-29)25-53-56-39)27-7-13-34(14-8-27)62-19-4-18-61-20-17-51-33-11-5-28(6-12-33)44-43(46-52-26-54-59(46)2)45-42-37(47(60)58-57-45)22-32(50)24-40(42)55-44/h5-16,21-26,43-44,51,55H,3-4,17-20H2,1-2H3,(H,53,56)(H,58,60)/b41-35+/t43-,44-/m1/s1. The zero-order valence-corrected chi connectivity index (χ0v) is 34.6. The van der Waals surface area contributed by atoms with E-state index in [1.165, 1.54) is 30.6 Å². The normalized spacial score (nSPS) is 15.1. The van der Waals surface area contributed by atoms with Gasteiger partial charge in [-0.1, -0.05) is 54.9 Å².